The van der Waals surface area contributed by atoms with E-state index in [2.05, 4.69) is 4.98 Å². The number of nitrogens with zero attached hydrogens (tertiary/aromatic N) is 3. The Morgan fingerprint density at radius 3 is 2.58 bits per heavy atom. The predicted octanol–water partition coefficient (Wildman–Crippen LogP) is 1.91. The molecule has 1 saturated heterocycles. The molecule has 164 valence electrons. The molecule has 3 aromatic rings. The maximum absolute atomic E-state index is 12.9. The van der Waals surface area contributed by atoms with Gasteiger partial charge in [-0.05, 0) is 38.1 Å². The van der Waals surface area contributed by atoms with Crippen LogP contribution >= 0.6 is 11.3 Å². The molecule has 0 radical (unpaired) electrons. The molecule has 31 heavy (non-hydrogen) atoms. The molecular formula is C20H21N3O6S2. The molecule has 9 nitrogen and oxygen atoms in total. The number of hydrogen-bond donors (Lipinski definition) is 0. The van der Waals surface area contributed by atoms with E-state index in [-0.39, 0.29) is 47.9 Å². The van der Waals surface area contributed by atoms with Crippen molar-refractivity contribution in [2.75, 3.05) is 13.1 Å². The van der Waals surface area contributed by atoms with Crippen LogP contribution in [0.4, 0.5) is 0 Å². The zero-order chi connectivity index (χ0) is 22.2. The highest BCUT2D eigenvalue weighted by Gasteiger charge is 2.32. The summed E-state index contributed by atoms with van der Waals surface area (Å²) in [7, 11) is -3.69. The Hall–Kier alpha value is -2.60. The molecule has 0 amide bonds. The summed E-state index contributed by atoms with van der Waals surface area (Å²) >= 11 is 1.30. The van der Waals surface area contributed by atoms with Crippen LogP contribution in [-0.2, 0) is 26.1 Å². The fraction of sp³-hybridized carbons (Fsp3) is 0.350. The van der Waals surface area contributed by atoms with Gasteiger partial charge in [0.2, 0.25) is 10.0 Å². The maximum atomic E-state index is 12.9. The number of carbonyl (C=O) groups excluding carboxylic acids is 1. The normalized spacial score (nSPS) is 20.1. The molecule has 1 aromatic carbocycles. The molecule has 0 saturated carbocycles. The van der Waals surface area contributed by atoms with Gasteiger partial charge in [-0.3, -0.25) is 9.20 Å². The molecule has 2 atom stereocenters. The molecule has 0 unspecified atom stereocenters. The lowest BCUT2D eigenvalue weighted by Crippen LogP contribution is -2.48. The van der Waals surface area contributed by atoms with Gasteiger partial charge in [0.05, 0.1) is 28.4 Å². The topological polar surface area (TPSA) is 107 Å². The average Bonchev–Trinajstić information content (AvgIpc) is 3.21. The Labute approximate surface area is 182 Å². The largest absolute Gasteiger partial charge is 0.456 e. The molecule has 2 aromatic heterocycles. The molecule has 1 aliphatic heterocycles. The van der Waals surface area contributed by atoms with Crippen LogP contribution in [0.3, 0.4) is 0 Å². The van der Waals surface area contributed by atoms with Crippen molar-refractivity contribution in [3.63, 3.8) is 0 Å². The van der Waals surface area contributed by atoms with Crippen LogP contribution in [0, 0.1) is 0 Å². The molecule has 0 N–H and O–H groups in total. The summed E-state index contributed by atoms with van der Waals surface area (Å²) < 4.78 is 39.4. The van der Waals surface area contributed by atoms with Crippen molar-refractivity contribution in [3.8, 4) is 0 Å². The number of morpholine rings is 1. The van der Waals surface area contributed by atoms with Crippen molar-refractivity contribution in [2.24, 2.45) is 0 Å². The zero-order valence-corrected chi connectivity index (χ0v) is 18.6. The summed E-state index contributed by atoms with van der Waals surface area (Å²) in [5.74, 6) is -0.634. The van der Waals surface area contributed by atoms with E-state index in [1.807, 2.05) is 13.8 Å². The number of aromatic nitrogens is 2. The Balaban J connectivity index is 1.44. The van der Waals surface area contributed by atoms with Gasteiger partial charge >= 0.3 is 5.97 Å². The second-order valence-corrected chi connectivity index (χ2v) is 10.1. The summed E-state index contributed by atoms with van der Waals surface area (Å²) in [6.45, 7) is 4.05. The van der Waals surface area contributed by atoms with Crippen LogP contribution in [-0.4, -0.2) is 53.4 Å². The van der Waals surface area contributed by atoms with E-state index in [4.69, 9.17) is 9.47 Å². The third kappa shape index (κ3) is 4.54. The van der Waals surface area contributed by atoms with Crippen molar-refractivity contribution < 1.29 is 22.7 Å². The van der Waals surface area contributed by atoms with E-state index in [0.29, 0.717) is 10.7 Å². The number of sulfonamides is 1. The SMILES string of the molecule is C[C@H]1CN(S(=O)(=O)c2ccc(C(=O)OCc3cc(=O)n4ccsc4n3)cc2)C[C@H](C)O1. The first-order chi connectivity index (χ1) is 14.7. The number of thiazole rings is 1. The van der Waals surface area contributed by atoms with Gasteiger partial charge in [0.1, 0.15) is 6.61 Å². The lowest BCUT2D eigenvalue weighted by atomic mass is 10.2. The quantitative estimate of drug-likeness (QED) is 0.532. The first-order valence-electron chi connectivity index (χ1n) is 9.62. The van der Waals surface area contributed by atoms with E-state index >= 15 is 0 Å². The minimum atomic E-state index is -3.69. The summed E-state index contributed by atoms with van der Waals surface area (Å²) in [5, 5.41) is 1.74. The third-order valence-electron chi connectivity index (χ3n) is 4.82. The standard InChI is InChI=1S/C20H21N3O6S2/c1-13-10-22(11-14(2)29-13)31(26,27)17-5-3-15(4-6-17)19(25)28-12-16-9-18(24)23-7-8-30-20(23)21-16/h3-9,13-14H,10-12H2,1-2H3/t13-,14-/m0/s1. The summed E-state index contributed by atoms with van der Waals surface area (Å²) in [6, 6.07) is 6.91. The van der Waals surface area contributed by atoms with E-state index in [9.17, 15) is 18.0 Å². The van der Waals surface area contributed by atoms with Gasteiger partial charge in [-0.25, -0.2) is 18.2 Å². The average molecular weight is 464 g/mol. The molecule has 1 aliphatic rings. The second-order valence-electron chi connectivity index (χ2n) is 7.32. The Morgan fingerprint density at radius 1 is 1.23 bits per heavy atom. The van der Waals surface area contributed by atoms with Crippen LogP contribution in [0.5, 0.6) is 0 Å². The molecule has 4 rings (SSSR count). The fourth-order valence-electron chi connectivity index (χ4n) is 3.42. The van der Waals surface area contributed by atoms with E-state index in [1.165, 1.54) is 50.4 Å². The molecule has 3 heterocycles. The minimum absolute atomic E-state index is 0.100. The maximum Gasteiger partial charge on any atom is 0.338 e. The second kappa shape index (κ2) is 8.50. The predicted molar refractivity (Wildman–Crippen MR) is 114 cm³/mol. The zero-order valence-electron chi connectivity index (χ0n) is 16.9. The van der Waals surface area contributed by atoms with Crippen LogP contribution in [0.1, 0.15) is 29.9 Å². The van der Waals surface area contributed by atoms with Gasteiger partial charge in [0.15, 0.2) is 4.96 Å². The van der Waals surface area contributed by atoms with Gasteiger partial charge in [0.25, 0.3) is 5.56 Å². The van der Waals surface area contributed by atoms with Gasteiger partial charge < -0.3 is 9.47 Å². The van der Waals surface area contributed by atoms with Crippen LogP contribution < -0.4 is 5.56 Å². The summed E-state index contributed by atoms with van der Waals surface area (Å²) in [5.41, 5.74) is 0.297. The molecule has 0 bridgehead atoms. The van der Waals surface area contributed by atoms with Crippen LogP contribution in [0.2, 0.25) is 0 Å². The number of hydrogen-bond acceptors (Lipinski definition) is 8. The van der Waals surface area contributed by atoms with Crippen molar-refractivity contribution in [1.82, 2.24) is 13.7 Å². The number of benzene rings is 1. The first kappa shape index (κ1) is 21.6. The Morgan fingerprint density at radius 2 is 1.90 bits per heavy atom. The van der Waals surface area contributed by atoms with E-state index < -0.39 is 16.0 Å². The Bertz CT molecular complexity index is 1260. The molecule has 0 spiro atoms. The van der Waals surface area contributed by atoms with Crippen LogP contribution in [0.15, 0.2) is 51.6 Å². The highest BCUT2D eigenvalue weighted by atomic mass is 32.2. The van der Waals surface area contributed by atoms with Gasteiger partial charge in [-0.15, -0.1) is 11.3 Å². The third-order valence-corrected chi connectivity index (χ3v) is 7.42. The smallest absolute Gasteiger partial charge is 0.338 e. The molecule has 11 heteroatoms. The van der Waals surface area contributed by atoms with E-state index in [1.54, 1.807) is 11.6 Å². The number of esters is 1. The van der Waals surface area contributed by atoms with Gasteiger partial charge in [-0.1, -0.05) is 0 Å². The summed E-state index contributed by atoms with van der Waals surface area (Å²) in [4.78, 5) is 29.3. The molecular weight excluding hydrogens is 442 g/mol. The molecule has 1 fully saturated rings. The highest BCUT2D eigenvalue weighted by molar-refractivity contribution is 7.89. The van der Waals surface area contributed by atoms with Gasteiger partial charge in [0, 0.05) is 30.7 Å². The minimum Gasteiger partial charge on any atom is -0.456 e. The van der Waals surface area contributed by atoms with E-state index in [0.717, 1.165) is 0 Å². The van der Waals surface area contributed by atoms with Gasteiger partial charge in [-0.2, -0.15) is 4.31 Å². The number of carbonyl (C=O) groups is 1. The lowest BCUT2D eigenvalue weighted by molar-refractivity contribution is -0.0440. The van der Waals surface area contributed by atoms with Crippen molar-refractivity contribution in [1.29, 1.82) is 0 Å². The summed E-state index contributed by atoms with van der Waals surface area (Å²) in [6.07, 6.45) is 1.24. The monoisotopic (exact) mass is 463 g/mol. The number of rotatable bonds is 5. The van der Waals surface area contributed by atoms with Crippen LogP contribution in [0.25, 0.3) is 4.96 Å². The number of fused-ring (bicyclic) bond motifs is 1. The number of ether oxygens (including phenoxy) is 2. The highest BCUT2D eigenvalue weighted by Crippen LogP contribution is 2.21. The van der Waals surface area contributed by atoms with Crippen molar-refractivity contribution >= 4 is 32.3 Å². The first-order valence-corrected chi connectivity index (χ1v) is 11.9. The van der Waals surface area contributed by atoms with Crippen molar-refractivity contribution in [3.05, 3.63) is 63.5 Å². The Kier molecular flexibility index (Phi) is 5.93. The lowest BCUT2D eigenvalue weighted by Gasteiger charge is -2.34. The van der Waals surface area contributed by atoms with Crippen molar-refractivity contribution in [2.45, 2.75) is 37.6 Å². The molecule has 0 aliphatic carbocycles. The fourth-order valence-corrected chi connectivity index (χ4v) is 5.75.